The summed E-state index contributed by atoms with van der Waals surface area (Å²) in [7, 11) is -2.36. The average molecular weight is 496 g/mol. The second kappa shape index (κ2) is 11.9. The smallest absolute Gasteiger partial charge is 0.244 e. The minimum absolute atomic E-state index is 0.0507. The fourth-order valence-corrected chi connectivity index (χ4v) is 4.48. The number of likely N-dealkylation sites (N-methyl/N-ethyl adjacent to an activating group) is 1. The number of carbonyl (C=O) groups is 2. The number of ether oxygens (including phenoxy) is 1. The van der Waals surface area contributed by atoms with Crippen molar-refractivity contribution in [3.8, 4) is 5.75 Å². The number of nitrogens with one attached hydrogen (secondary N) is 1. The van der Waals surface area contributed by atoms with Crippen molar-refractivity contribution in [3.63, 3.8) is 0 Å². The number of sulfonamides is 1. The Bertz CT molecular complexity index is 1080. The molecule has 0 fully saturated rings. The molecule has 1 atom stereocenters. The summed E-state index contributed by atoms with van der Waals surface area (Å²) in [5.74, 6) is -0.546. The predicted molar refractivity (Wildman–Crippen MR) is 130 cm³/mol. The van der Waals surface area contributed by atoms with Crippen molar-refractivity contribution in [1.82, 2.24) is 10.2 Å². The van der Waals surface area contributed by atoms with E-state index in [0.717, 1.165) is 10.6 Å². The number of halogens is 1. The van der Waals surface area contributed by atoms with Crippen molar-refractivity contribution in [2.75, 3.05) is 30.8 Å². The van der Waals surface area contributed by atoms with Crippen LogP contribution in [0.2, 0.25) is 5.02 Å². The van der Waals surface area contributed by atoms with Gasteiger partial charge in [-0.1, -0.05) is 48.9 Å². The SMILES string of the molecule is CCOc1ccccc1N(CC(=O)N(Cc1ccccc1Cl)[C@H](CC)C(=O)NC)S(C)(=O)=O. The molecule has 2 aromatic rings. The standard InChI is InChI=1S/C23H30ClN3O5S/c1-5-19(23(29)25-3)26(15-17-11-7-8-12-18(17)24)22(28)16-27(33(4,30)31)20-13-9-10-14-21(20)32-6-2/h7-14,19H,5-6,15-16H2,1-4H3,(H,25,29)/t19-/m1/s1. The van der Waals surface area contributed by atoms with E-state index in [0.29, 0.717) is 29.4 Å². The highest BCUT2D eigenvalue weighted by atomic mass is 35.5. The molecule has 180 valence electrons. The van der Waals surface area contributed by atoms with E-state index in [4.69, 9.17) is 16.3 Å². The van der Waals surface area contributed by atoms with Gasteiger partial charge in [-0.05, 0) is 37.1 Å². The fraction of sp³-hybridized carbons (Fsp3) is 0.391. The molecule has 2 rings (SSSR count). The van der Waals surface area contributed by atoms with Crippen LogP contribution in [-0.4, -0.2) is 57.6 Å². The number of rotatable bonds is 11. The Hall–Kier alpha value is -2.78. The van der Waals surface area contributed by atoms with Crippen molar-refractivity contribution in [2.24, 2.45) is 0 Å². The second-order valence-electron chi connectivity index (χ2n) is 7.32. The van der Waals surface area contributed by atoms with Gasteiger partial charge >= 0.3 is 0 Å². The maximum absolute atomic E-state index is 13.5. The molecule has 10 heteroatoms. The van der Waals surface area contributed by atoms with E-state index in [1.807, 2.05) is 0 Å². The van der Waals surface area contributed by atoms with E-state index in [1.165, 1.54) is 11.9 Å². The Morgan fingerprint density at radius 3 is 2.30 bits per heavy atom. The number of benzene rings is 2. The van der Waals surface area contributed by atoms with E-state index >= 15 is 0 Å². The van der Waals surface area contributed by atoms with Gasteiger partial charge < -0.3 is 15.0 Å². The molecule has 2 aromatic carbocycles. The molecule has 1 N–H and O–H groups in total. The largest absolute Gasteiger partial charge is 0.492 e. The van der Waals surface area contributed by atoms with Gasteiger partial charge in [0.05, 0.1) is 18.6 Å². The maximum atomic E-state index is 13.5. The average Bonchev–Trinajstić information content (AvgIpc) is 2.78. The predicted octanol–water partition coefficient (Wildman–Crippen LogP) is 3.06. The van der Waals surface area contributed by atoms with Gasteiger partial charge in [-0.15, -0.1) is 0 Å². The lowest BCUT2D eigenvalue weighted by Gasteiger charge is -2.33. The zero-order valence-electron chi connectivity index (χ0n) is 19.2. The van der Waals surface area contributed by atoms with Crippen molar-refractivity contribution in [3.05, 3.63) is 59.1 Å². The van der Waals surface area contributed by atoms with Crippen molar-refractivity contribution >= 4 is 39.1 Å². The van der Waals surface area contributed by atoms with Gasteiger partial charge in [0, 0.05) is 18.6 Å². The zero-order chi connectivity index (χ0) is 24.6. The Kier molecular flexibility index (Phi) is 9.55. The molecule has 0 unspecified atom stereocenters. The van der Waals surface area contributed by atoms with Gasteiger partial charge in [-0.25, -0.2) is 8.42 Å². The minimum atomic E-state index is -3.85. The van der Waals surface area contributed by atoms with E-state index in [2.05, 4.69) is 5.32 Å². The van der Waals surface area contributed by atoms with Crippen LogP contribution in [0.1, 0.15) is 25.8 Å². The van der Waals surface area contributed by atoms with Crippen LogP contribution in [0.5, 0.6) is 5.75 Å². The molecule has 8 nitrogen and oxygen atoms in total. The van der Waals surface area contributed by atoms with Gasteiger partial charge in [0.1, 0.15) is 18.3 Å². The summed E-state index contributed by atoms with van der Waals surface area (Å²) in [6.45, 7) is 3.45. The van der Waals surface area contributed by atoms with Crippen molar-refractivity contribution in [1.29, 1.82) is 0 Å². The Morgan fingerprint density at radius 1 is 1.09 bits per heavy atom. The molecule has 0 bridgehead atoms. The number of hydrogen-bond acceptors (Lipinski definition) is 5. The molecule has 0 aliphatic heterocycles. The van der Waals surface area contributed by atoms with E-state index in [-0.39, 0.29) is 18.1 Å². The zero-order valence-corrected chi connectivity index (χ0v) is 20.8. The first-order valence-electron chi connectivity index (χ1n) is 10.6. The molecule has 0 aromatic heterocycles. The molecule has 0 radical (unpaired) electrons. The van der Waals surface area contributed by atoms with Gasteiger partial charge in [-0.3, -0.25) is 13.9 Å². The number of anilines is 1. The Labute approximate surface area is 200 Å². The third-order valence-corrected chi connectivity index (χ3v) is 6.54. The summed E-state index contributed by atoms with van der Waals surface area (Å²) in [6, 6.07) is 12.8. The molecular formula is C23H30ClN3O5S. The van der Waals surface area contributed by atoms with Gasteiger partial charge in [-0.2, -0.15) is 0 Å². The highest BCUT2D eigenvalue weighted by molar-refractivity contribution is 7.92. The van der Waals surface area contributed by atoms with Gasteiger partial charge in [0.25, 0.3) is 0 Å². The van der Waals surface area contributed by atoms with Crippen LogP contribution in [0.3, 0.4) is 0 Å². The van der Waals surface area contributed by atoms with E-state index in [1.54, 1.807) is 62.4 Å². The minimum Gasteiger partial charge on any atom is -0.492 e. The third kappa shape index (κ3) is 6.85. The monoisotopic (exact) mass is 495 g/mol. The number of para-hydroxylation sites is 2. The first-order valence-corrected chi connectivity index (χ1v) is 12.8. The lowest BCUT2D eigenvalue weighted by Crippen LogP contribution is -2.51. The Balaban J connectivity index is 2.49. The summed E-state index contributed by atoms with van der Waals surface area (Å²) in [6.07, 6.45) is 1.36. The first-order chi connectivity index (χ1) is 15.6. The van der Waals surface area contributed by atoms with Crippen LogP contribution in [-0.2, 0) is 26.2 Å². The van der Waals surface area contributed by atoms with E-state index in [9.17, 15) is 18.0 Å². The van der Waals surface area contributed by atoms with Crippen molar-refractivity contribution < 1.29 is 22.7 Å². The summed E-state index contributed by atoms with van der Waals surface area (Å²) in [5.41, 5.74) is 0.899. The molecule has 0 aliphatic rings. The lowest BCUT2D eigenvalue weighted by molar-refractivity contribution is -0.140. The highest BCUT2D eigenvalue weighted by Crippen LogP contribution is 2.30. The van der Waals surface area contributed by atoms with Gasteiger partial charge in [0.15, 0.2) is 0 Å². The molecule has 0 saturated carbocycles. The molecule has 0 saturated heterocycles. The summed E-state index contributed by atoms with van der Waals surface area (Å²) >= 11 is 6.30. The fourth-order valence-electron chi connectivity index (χ4n) is 3.43. The number of amides is 2. The lowest BCUT2D eigenvalue weighted by atomic mass is 10.1. The Morgan fingerprint density at radius 2 is 1.73 bits per heavy atom. The molecule has 0 heterocycles. The highest BCUT2D eigenvalue weighted by Gasteiger charge is 2.32. The van der Waals surface area contributed by atoms with Gasteiger partial charge in [0.2, 0.25) is 21.8 Å². The maximum Gasteiger partial charge on any atom is 0.244 e. The van der Waals surface area contributed by atoms with Crippen molar-refractivity contribution in [2.45, 2.75) is 32.9 Å². The molecule has 0 aliphatic carbocycles. The van der Waals surface area contributed by atoms with E-state index < -0.39 is 28.5 Å². The molecule has 2 amide bonds. The van der Waals surface area contributed by atoms with Crippen LogP contribution < -0.4 is 14.4 Å². The quantitative estimate of drug-likeness (QED) is 0.517. The number of nitrogens with zero attached hydrogens (tertiary/aromatic N) is 2. The third-order valence-electron chi connectivity index (χ3n) is 5.04. The van der Waals surface area contributed by atoms with Crippen LogP contribution >= 0.6 is 11.6 Å². The molecular weight excluding hydrogens is 466 g/mol. The number of hydrogen-bond donors (Lipinski definition) is 1. The van der Waals surface area contributed by atoms with Crippen LogP contribution in [0.15, 0.2) is 48.5 Å². The molecule has 0 spiro atoms. The van der Waals surface area contributed by atoms with Crippen LogP contribution in [0.4, 0.5) is 5.69 Å². The summed E-state index contributed by atoms with van der Waals surface area (Å²) in [4.78, 5) is 27.5. The first kappa shape index (κ1) is 26.5. The molecule has 33 heavy (non-hydrogen) atoms. The summed E-state index contributed by atoms with van der Waals surface area (Å²) < 4.78 is 31.9. The topological polar surface area (TPSA) is 96.0 Å². The van der Waals surface area contributed by atoms with Crippen LogP contribution in [0, 0.1) is 0 Å². The summed E-state index contributed by atoms with van der Waals surface area (Å²) in [5, 5.41) is 3.02. The second-order valence-corrected chi connectivity index (χ2v) is 9.64. The van der Waals surface area contributed by atoms with Crippen LogP contribution in [0.25, 0.3) is 0 Å². The number of carbonyl (C=O) groups excluding carboxylic acids is 2. The normalized spacial score (nSPS) is 12.0.